The fraction of sp³-hybridized carbons (Fsp3) is 0.172. The summed E-state index contributed by atoms with van der Waals surface area (Å²) in [5, 5.41) is 5.86. The molecule has 0 amide bonds. The maximum Gasteiger partial charge on any atom is -0.0122 e. The van der Waals surface area contributed by atoms with Crippen LogP contribution in [-0.2, 0) is 0 Å². The van der Waals surface area contributed by atoms with Crippen molar-refractivity contribution < 1.29 is 0 Å². The normalized spacial score (nSPS) is 10.7. The van der Waals surface area contributed by atoms with E-state index in [1.807, 2.05) is 0 Å². The van der Waals surface area contributed by atoms with Gasteiger partial charge in [-0.05, 0) is 79.9 Å². The Morgan fingerprint density at radius 2 is 0.742 bits per heavy atom. The third-order valence-electron chi connectivity index (χ3n) is 5.34. The van der Waals surface area contributed by atoms with Crippen LogP contribution in [0.3, 0.4) is 0 Å². The maximum absolute atomic E-state index is 2.29. The Balaban J connectivity index is 0.000000254. The Bertz CT molecular complexity index is 992. The van der Waals surface area contributed by atoms with Crippen LogP contribution in [0.1, 0.15) is 16.7 Å². The molecule has 0 atom stereocenters. The predicted octanol–water partition coefficient (Wildman–Crippen LogP) is 6.42. The average molecular weight is 443 g/mol. The summed E-state index contributed by atoms with van der Waals surface area (Å²) in [5.74, 6) is 0. The van der Waals surface area contributed by atoms with Crippen molar-refractivity contribution in [3.63, 3.8) is 0 Å². The molecule has 0 saturated heterocycles. The third kappa shape index (κ3) is 6.13. The second-order valence-corrected chi connectivity index (χ2v) is 12.3. The average Bonchev–Trinajstić information content (AvgIpc) is 2.78. The van der Waals surface area contributed by atoms with Gasteiger partial charge in [0.15, 0.2) is 0 Å². The third-order valence-corrected chi connectivity index (χ3v) is 9.62. The molecule has 31 heavy (non-hydrogen) atoms. The molecule has 0 fully saturated rings. The van der Waals surface area contributed by atoms with Crippen LogP contribution in [0.2, 0.25) is 0 Å². The molecule has 0 aliphatic carbocycles. The van der Waals surface area contributed by atoms with Gasteiger partial charge in [-0.3, -0.25) is 0 Å². The van der Waals surface area contributed by atoms with E-state index in [-0.39, 0.29) is 7.92 Å². The summed E-state index contributed by atoms with van der Waals surface area (Å²) in [7, 11) is -0.404. The largest absolute Gasteiger partial charge is 0.0817 e. The van der Waals surface area contributed by atoms with Gasteiger partial charge in [0.25, 0.3) is 0 Å². The minimum atomic E-state index is -0.508. The van der Waals surface area contributed by atoms with E-state index in [1.54, 1.807) is 0 Å². The van der Waals surface area contributed by atoms with E-state index in [2.05, 4.69) is 137 Å². The van der Waals surface area contributed by atoms with E-state index < -0.39 is 7.92 Å². The summed E-state index contributed by atoms with van der Waals surface area (Å²) in [4.78, 5) is 0. The van der Waals surface area contributed by atoms with Gasteiger partial charge in [0.2, 0.25) is 0 Å². The van der Waals surface area contributed by atoms with E-state index in [1.165, 1.54) is 37.9 Å². The quantitative estimate of drug-likeness (QED) is 0.320. The van der Waals surface area contributed by atoms with Gasteiger partial charge >= 0.3 is 0 Å². The smallest absolute Gasteiger partial charge is 0.0122 e. The lowest BCUT2D eigenvalue weighted by atomic mass is 10.2. The van der Waals surface area contributed by atoms with E-state index in [4.69, 9.17) is 0 Å². The van der Waals surface area contributed by atoms with Gasteiger partial charge in [-0.15, -0.1) is 0 Å². The first kappa shape index (κ1) is 23.4. The Kier molecular flexibility index (Phi) is 8.60. The molecule has 0 aromatic heterocycles. The highest BCUT2D eigenvalue weighted by Gasteiger charge is 2.20. The van der Waals surface area contributed by atoms with Crippen LogP contribution in [0, 0.1) is 20.8 Å². The van der Waals surface area contributed by atoms with Crippen molar-refractivity contribution in [2.75, 3.05) is 13.3 Å². The SMILES string of the molecule is CP(C)c1ccccc1.Cc1ccccc1P(c1ccccc1C)c1ccccc1C. The van der Waals surface area contributed by atoms with Crippen LogP contribution < -0.4 is 21.2 Å². The molecule has 158 valence electrons. The van der Waals surface area contributed by atoms with Crippen molar-refractivity contribution in [1.29, 1.82) is 0 Å². The monoisotopic (exact) mass is 442 g/mol. The van der Waals surface area contributed by atoms with Gasteiger partial charge in [0.05, 0.1) is 0 Å². The fourth-order valence-corrected chi connectivity index (χ4v) is 7.09. The maximum atomic E-state index is 2.29. The molecule has 0 spiro atoms. The van der Waals surface area contributed by atoms with Gasteiger partial charge in [-0.1, -0.05) is 111 Å². The molecule has 0 nitrogen and oxygen atoms in total. The lowest BCUT2D eigenvalue weighted by molar-refractivity contribution is 1.49. The van der Waals surface area contributed by atoms with Crippen LogP contribution in [0.25, 0.3) is 0 Å². The Labute approximate surface area is 190 Å². The summed E-state index contributed by atoms with van der Waals surface area (Å²) >= 11 is 0. The molecule has 4 rings (SSSR count). The number of hydrogen-bond acceptors (Lipinski definition) is 0. The molecule has 0 aliphatic rings. The van der Waals surface area contributed by atoms with Crippen molar-refractivity contribution in [3.8, 4) is 0 Å². The number of hydrogen-bond donors (Lipinski definition) is 0. The van der Waals surface area contributed by atoms with E-state index in [0.29, 0.717) is 0 Å². The predicted molar refractivity (Wildman–Crippen MR) is 144 cm³/mol. The molecular weight excluding hydrogens is 410 g/mol. The summed E-state index contributed by atoms with van der Waals surface area (Å²) in [6, 6.07) is 37.0. The molecule has 0 N–H and O–H groups in total. The zero-order valence-electron chi connectivity index (χ0n) is 19.2. The lowest BCUT2D eigenvalue weighted by Gasteiger charge is -2.24. The number of benzene rings is 4. The molecule has 2 heteroatoms. The zero-order valence-corrected chi connectivity index (χ0v) is 21.0. The zero-order chi connectivity index (χ0) is 22.2. The lowest BCUT2D eigenvalue weighted by Crippen LogP contribution is -2.25. The molecule has 0 unspecified atom stereocenters. The first-order valence-corrected chi connectivity index (χ1v) is 14.3. The highest BCUT2D eigenvalue weighted by molar-refractivity contribution is 7.80. The van der Waals surface area contributed by atoms with Crippen LogP contribution in [0.15, 0.2) is 103 Å². The first-order chi connectivity index (χ1) is 15.0. The summed E-state index contributed by atoms with van der Waals surface area (Å²) in [5.41, 5.74) is 4.13. The number of aryl methyl sites for hydroxylation is 3. The van der Waals surface area contributed by atoms with Crippen molar-refractivity contribution in [2.24, 2.45) is 0 Å². The first-order valence-electron chi connectivity index (χ1n) is 10.7. The van der Waals surface area contributed by atoms with Crippen molar-refractivity contribution in [3.05, 3.63) is 120 Å². The Hall–Kier alpha value is -2.26. The van der Waals surface area contributed by atoms with Crippen LogP contribution in [0.4, 0.5) is 0 Å². The van der Waals surface area contributed by atoms with Gasteiger partial charge in [0, 0.05) is 0 Å². The summed E-state index contributed by atoms with van der Waals surface area (Å²) < 4.78 is 0. The summed E-state index contributed by atoms with van der Waals surface area (Å²) in [6.07, 6.45) is 0. The Morgan fingerprint density at radius 3 is 1.03 bits per heavy atom. The van der Waals surface area contributed by atoms with Crippen LogP contribution in [0.5, 0.6) is 0 Å². The minimum absolute atomic E-state index is 0.104. The highest BCUT2D eigenvalue weighted by atomic mass is 31.1. The molecule has 4 aromatic carbocycles. The topological polar surface area (TPSA) is 0 Å². The Morgan fingerprint density at radius 1 is 0.419 bits per heavy atom. The molecule has 0 bridgehead atoms. The van der Waals surface area contributed by atoms with Crippen molar-refractivity contribution >= 4 is 37.1 Å². The second-order valence-electron chi connectivity index (χ2n) is 7.92. The van der Waals surface area contributed by atoms with Crippen molar-refractivity contribution in [1.82, 2.24) is 0 Å². The fourth-order valence-electron chi connectivity index (χ4n) is 3.56. The molecule has 0 heterocycles. The standard InChI is InChI=1S/C21H21P.C8H11P/c1-16-10-4-7-13-19(16)22(20-14-8-5-11-17(20)2)21-15-9-6-12-18(21)3;1-9(2)8-6-4-3-5-7-8/h4-15H,1-3H3;3-7H,1-2H3. The summed E-state index contributed by atoms with van der Waals surface area (Å²) in [6.45, 7) is 11.2. The molecule has 0 radical (unpaired) electrons. The van der Waals surface area contributed by atoms with Gasteiger partial charge in [0.1, 0.15) is 0 Å². The van der Waals surface area contributed by atoms with Crippen LogP contribution in [-0.4, -0.2) is 13.3 Å². The molecular formula is C29H32P2. The molecule has 0 aliphatic heterocycles. The van der Waals surface area contributed by atoms with Crippen LogP contribution >= 0.6 is 15.8 Å². The highest BCUT2D eigenvalue weighted by Crippen LogP contribution is 2.36. The van der Waals surface area contributed by atoms with E-state index in [9.17, 15) is 0 Å². The molecule has 4 aromatic rings. The van der Waals surface area contributed by atoms with Gasteiger partial charge in [-0.2, -0.15) is 0 Å². The van der Waals surface area contributed by atoms with E-state index >= 15 is 0 Å². The van der Waals surface area contributed by atoms with Gasteiger partial charge < -0.3 is 0 Å². The van der Waals surface area contributed by atoms with Gasteiger partial charge in [-0.25, -0.2) is 0 Å². The second kappa shape index (κ2) is 11.4. The van der Waals surface area contributed by atoms with Crippen molar-refractivity contribution in [2.45, 2.75) is 20.8 Å². The molecule has 0 saturated carbocycles. The number of rotatable bonds is 4. The minimum Gasteiger partial charge on any atom is -0.0817 e. The van der Waals surface area contributed by atoms with E-state index in [0.717, 1.165) is 0 Å².